The van der Waals surface area contributed by atoms with Gasteiger partial charge in [0, 0.05) is 24.5 Å². The Kier molecular flexibility index (Phi) is 3.36. The summed E-state index contributed by atoms with van der Waals surface area (Å²) in [6, 6.07) is 6.14. The van der Waals surface area contributed by atoms with E-state index < -0.39 is 0 Å². The van der Waals surface area contributed by atoms with E-state index in [0.29, 0.717) is 18.2 Å². The van der Waals surface area contributed by atoms with Crippen molar-refractivity contribution in [2.75, 3.05) is 13.6 Å². The Hall–Kier alpha value is -1.84. The van der Waals surface area contributed by atoms with Gasteiger partial charge >= 0.3 is 0 Å². The van der Waals surface area contributed by atoms with Crippen molar-refractivity contribution in [1.82, 2.24) is 9.88 Å². The van der Waals surface area contributed by atoms with Crippen LogP contribution in [-0.4, -0.2) is 29.4 Å². The molecular formula is C14H17FN2O. The number of nitrogens with one attached hydrogen (secondary N) is 1. The first kappa shape index (κ1) is 12.6. The van der Waals surface area contributed by atoms with Crippen molar-refractivity contribution in [3.63, 3.8) is 0 Å². The molecule has 0 saturated heterocycles. The Bertz CT molecular complexity index is 574. The normalized spacial score (nSPS) is 11.2. The summed E-state index contributed by atoms with van der Waals surface area (Å²) in [5, 5.41) is 0.719. The van der Waals surface area contributed by atoms with Crippen LogP contribution in [0.5, 0.6) is 0 Å². The summed E-state index contributed by atoms with van der Waals surface area (Å²) in [5.74, 6) is 0.0529. The van der Waals surface area contributed by atoms with Gasteiger partial charge in [-0.1, -0.05) is 13.8 Å². The van der Waals surface area contributed by atoms with Crippen molar-refractivity contribution in [3.8, 4) is 0 Å². The van der Waals surface area contributed by atoms with E-state index in [0.717, 1.165) is 10.9 Å². The number of amides is 1. The molecule has 0 unspecified atom stereocenters. The van der Waals surface area contributed by atoms with Crippen molar-refractivity contribution >= 4 is 16.8 Å². The molecule has 1 amide bonds. The topological polar surface area (TPSA) is 36.1 Å². The maximum atomic E-state index is 13.1. The zero-order valence-electron chi connectivity index (χ0n) is 10.8. The molecule has 1 heterocycles. The molecule has 4 heteroatoms. The number of nitrogens with zero attached hydrogens (tertiary/aromatic N) is 1. The van der Waals surface area contributed by atoms with Gasteiger partial charge in [-0.05, 0) is 30.2 Å². The monoisotopic (exact) mass is 248 g/mol. The second-order valence-corrected chi connectivity index (χ2v) is 4.99. The molecule has 0 radical (unpaired) electrons. The minimum Gasteiger partial charge on any atom is -0.351 e. The Balaban J connectivity index is 2.28. The Morgan fingerprint density at radius 1 is 1.39 bits per heavy atom. The van der Waals surface area contributed by atoms with E-state index in [4.69, 9.17) is 0 Å². The zero-order valence-corrected chi connectivity index (χ0v) is 10.8. The van der Waals surface area contributed by atoms with Gasteiger partial charge in [-0.3, -0.25) is 4.79 Å². The number of aromatic amines is 1. The van der Waals surface area contributed by atoms with Gasteiger partial charge in [0.2, 0.25) is 0 Å². The summed E-state index contributed by atoms with van der Waals surface area (Å²) in [4.78, 5) is 16.8. The highest BCUT2D eigenvalue weighted by Gasteiger charge is 2.15. The average molecular weight is 248 g/mol. The van der Waals surface area contributed by atoms with E-state index >= 15 is 0 Å². The molecule has 0 bridgehead atoms. The fourth-order valence-corrected chi connectivity index (χ4v) is 2.05. The fourth-order valence-electron chi connectivity index (χ4n) is 2.05. The van der Waals surface area contributed by atoms with Crippen molar-refractivity contribution in [3.05, 3.63) is 35.8 Å². The number of H-pyrrole nitrogens is 1. The first-order valence-corrected chi connectivity index (χ1v) is 6.01. The summed E-state index contributed by atoms with van der Waals surface area (Å²) in [7, 11) is 1.77. The van der Waals surface area contributed by atoms with Gasteiger partial charge in [-0.2, -0.15) is 0 Å². The minimum atomic E-state index is -0.295. The standard InChI is InChI=1S/C14H17FN2O/c1-9(2)8-17(3)14(18)13-7-10-6-11(15)4-5-12(10)16-13/h4-7,9,16H,8H2,1-3H3. The molecule has 0 spiro atoms. The van der Waals surface area contributed by atoms with Crippen LogP contribution in [0.1, 0.15) is 24.3 Å². The number of benzene rings is 1. The molecule has 0 atom stereocenters. The predicted octanol–water partition coefficient (Wildman–Crippen LogP) is 3.04. The molecule has 0 saturated carbocycles. The number of carbonyl (C=O) groups excluding carboxylic acids is 1. The summed E-state index contributed by atoms with van der Waals surface area (Å²) in [6.45, 7) is 4.82. The molecule has 1 N–H and O–H groups in total. The Labute approximate surface area is 106 Å². The van der Waals surface area contributed by atoms with E-state index in [1.807, 2.05) is 0 Å². The molecular weight excluding hydrogens is 231 g/mol. The van der Waals surface area contributed by atoms with Crippen LogP contribution in [0.3, 0.4) is 0 Å². The van der Waals surface area contributed by atoms with Crippen LogP contribution in [-0.2, 0) is 0 Å². The largest absolute Gasteiger partial charge is 0.351 e. The fraction of sp³-hybridized carbons (Fsp3) is 0.357. The van der Waals surface area contributed by atoms with Crippen molar-refractivity contribution in [2.24, 2.45) is 5.92 Å². The molecule has 3 nitrogen and oxygen atoms in total. The number of carbonyl (C=O) groups is 1. The Morgan fingerprint density at radius 2 is 2.11 bits per heavy atom. The van der Waals surface area contributed by atoms with E-state index in [2.05, 4.69) is 18.8 Å². The molecule has 2 aromatic rings. The van der Waals surface area contributed by atoms with Gasteiger partial charge in [0.25, 0.3) is 5.91 Å². The number of aromatic nitrogens is 1. The minimum absolute atomic E-state index is 0.0692. The van der Waals surface area contributed by atoms with Gasteiger partial charge in [0.1, 0.15) is 11.5 Å². The average Bonchev–Trinajstić information content (AvgIpc) is 2.69. The van der Waals surface area contributed by atoms with E-state index in [9.17, 15) is 9.18 Å². The molecule has 18 heavy (non-hydrogen) atoms. The van der Waals surface area contributed by atoms with Crippen LogP contribution in [0.25, 0.3) is 10.9 Å². The predicted molar refractivity (Wildman–Crippen MR) is 70.1 cm³/mol. The third-order valence-corrected chi connectivity index (χ3v) is 2.80. The SMILES string of the molecule is CC(C)CN(C)C(=O)c1cc2cc(F)ccc2[nH]1. The molecule has 1 aromatic carbocycles. The third kappa shape index (κ3) is 2.53. The molecule has 1 aromatic heterocycles. The second kappa shape index (κ2) is 4.80. The maximum absolute atomic E-state index is 13.1. The highest BCUT2D eigenvalue weighted by Crippen LogP contribution is 2.17. The van der Waals surface area contributed by atoms with Gasteiger partial charge in [-0.15, -0.1) is 0 Å². The molecule has 0 aliphatic carbocycles. The number of fused-ring (bicyclic) bond motifs is 1. The maximum Gasteiger partial charge on any atom is 0.270 e. The summed E-state index contributed by atoms with van der Waals surface area (Å²) >= 11 is 0. The van der Waals surface area contributed by atoms with Crippen LogP contribution < -0.4 is 0 Å². The Morgan fingerprint density at radius 3 is 2.78 bits per heavy atom. The highest BCUT2D eigenvalue weighted by molar-refractivity contribution is 5.97. The van der Waals surface area contributed by atoms with Crippen molar-refractivity contribution in [2.45, 2.75) is 13.8 Å². The molecule has 0 aliphatic heterocycles. The van der Waals surface area contributed by atoms with E-state index in [1.165, 1.54) is 12.1 Å². The molecule has 96 valence electrons. The van der Waals surface area contributed by atoms with Gasteiger partial charge in [0.15, 0.2) is 0 Å². The van der Waals surface area contributed by atoms with Gasteiger partial charge in [-0.25, -0.2) is 4.39 Å². The first-order valence-electron chi connectivity index (χ1n) is 6.01. The van der Waals surface area contributed by atoms with Crippen molar-refractivity contribution in [1.29, 1.82) is 0 Å². The van der Waals surface area contributed by atoms with Crippen molar-refractivity contribution < 1.29 is 9.18 Å². The van der Waals surface area contributed by atoms with E-state index in [-0.39, 0.29) is 11.7 Å². The molecule has 0 fully saturated rings. The lowest BCUT2D eigenvalue weighted by Crippen LogP contribution is -2.30. The third-order valence-electron chi connectivity index (χ3n) is 2.80. The van der Waals surface area contributed by atoms with Crippen LogP contribution in [0.15, 0.2) is 24.3 Å². The van der Waals surface area contributed by atoms with Crippen LogP contribution in [0, 0.1) is 11.7 Å². The lowest BCUT2D eigenvalue weighted by atomic mass is 10.2. The van der Waals surface area contributed by atoms with Crippen LogP contribution >= 0.6 is 0 Å². The van der Waals surface area contributed by atoms with E-state index in [1.54, 1.807) is 24.1 Å². The smallest absolute Gasteiger partial charge is 0.270 e. The van der Waals surface area contributed by atoms with Gasteiger partial charge in [0.05, 0.1) is 0 Å². The summed E-state index contributed by atoms with van der Waals surface area (Å²) in [5.41, 5.74) is 1.27. The number of halogens is 1. The quantitative estimate of drug-likeness (QED) is 0.890. The lowest BCUT2D eigenvalue weighted by Gasteiger charge is -2.18. The number of hydrogen-bond donors (Lipinski definition) is 1. The highest BCUT2D eigenvalue weighted by atomic mass is 19.1. The molecule has 0 aliphatic rings. The first-order chi connectivity index (χ1) is 8.47. The number of hydrogen-bond acceptors (Lipinski definition) is 1. The molecule has 2 rings (SSSR count). The van der Waals surface area contributed by atoms with Crippen LogP contribution in [0.2, 0.25) is 0 Å². The lowest BCUT2D eigenvalue weighted by molar-refractivity contribution is 0.0774. The summed E-state index contributed by atoms with van der Waals surface area (Å²) in [6.07, 6.45) is 0. The number of rotatable bonds is 3. The summed E-state index contributed by atoms with van der Waals surface area (Å²) < 4.78 is 13.1. The van der Waals surface area contributed by atoms with Gasteiger partial charge < -0.3 is 9.88 Å². The van der Waals surface area contributed by atoms with Crippen LogP contribution in [0.4, 0.5) is 4.39 Å². The zero-order chi connectivity index (χ0) is 13.3. The second-order valence-electron chi connectivity index (χ2n) is 4.99.